The topological polar surface area (TPSA) is 75.6 Å². The zero-order chi connectivity index (χ0) is 15.2. The van der Waals surface area contributed by atoms with Crippen LogP contribution < -0.4 is 10.1 Å². The van der Waals surface area contributed by atoms with Gasteiger partial charge in [-0.15, -0.1) is 0 Å². The normalized spacial score (nSPS) is 21.0. The van der Waals surface area contributed by atoms with Crippen LogP contribution in [0.1, 0.15) is 31.2 Å². The summed E-state index contributed by atoms with van der Waals surface area (Å²) in [5.41, 5.74) is 1.15. The van der Waals surface area contributed by atoms with Crippen molar-refractivity contribution in [2.45, 2.75) is 38.6 Å². The van der Waals surface area contributed by atoms with Crippen LogP contribution in [0.25, 0.3) is 0 Å². The molecule has 1 aromatic carbocycles. The third-order valence-electron chi connectivity index (χ3n) is 3.80. The average Bonchev–Trinajstić information content (AvgIpc) is 2.89. The Morgan fingerprint density at radius 3 is 2.67 bits per heavy atom. The highest BCUT2D eigenvalue weighted by atomic mass is 16.5. The van der Waals surface area contributed by atoms with E-state index < -0.39 is 11.9 Å². The fourth-order valence-corrected chi connectivity index (χ4v) is 2.60. The zero-order valence-corrected chi connectivity index (χ0v) is 12.2. The van der Waals surface area contributed by atoms with Gasteiger partial charge in [0.25, 0.3) is 0 Å². The molecule has 1 aliphatic carbocycles. The number of carbonyl (C=O) groups is 2. The smallest absolute Gasteiger partial charge is 0.308 e. The molecule has 1 aromatic rings. The summed E-state index contributed by atoms with van der Waals surface area (Å²) in [7, 11) is 0. The first kappa shape index (κ1) is 15.4. The van der Waals surface area contributed by atoms with E-state index in [0.717, 1.165) is 24.2 Å². The molecule has 1 fully saturated rings. The van der Waals surface area contributed by atoms with Crippen LogP contribution in [-0.4, -0.2) is 29.6 Å². The Morgan fingerprint density at radius 2 is 2.00 bits per heavy atom. The van der Waals surface area contributed by atoms with Gasteiger partial charge in [-0.2, -0.15) is 0 Å². The number of aliphatic carboxylic acids is 1. The van der Waals surface area contributed by atoms with Crippen LogP contribution in [0.5, 0.6) is 5.75 Å². The first-order valence-corrected chi connectivity index (χ1v) is 7.28. The zero-order valence-electron chi connectivity index (χ0n) is 12.2. The predicted octanol–water partition coefficient (Wildman–Crippen LogP) is 2.13. The van der Waals surface area contributed by atoms with E-state index in [4.69, 9.17) is 9.84 Å². The van der Waals surface area contributed by atoms with Crippen molar-refractivity contribution in [2.24, 2.45) is 5.92 Å². The molecule has 2 N–H and O–H groups in total. The molecule has 0 aromatic heterocycles. The molecule has 2 atom stereocenters. The number of carbonyl (C=O) groups excluding carboxylic acids is 1. The second-order valence-electron chi connectivity index (χ2n) is 5.46. The third kappa shape index (κ3) is 4.48. The van der Waals surface area contributed by atoms with E-state index >= 15 is 0 Å². The number of amides is 1. The molecule has 2 unspecified atom stereocenters. The van der Waals surface area contributed by atoms with Crippen molar-refractivity contribution < 1.29 is 19.4 Å². The fourth-order valence-electron chi connectivity index (χ4n) is 2.60. The van der Waals surface area contributed by atoms with Gasteiger partial charge in [0.15, 0.2) is 0 Å². The lowest BCUT2D eigenvalue weighted by molar-refractivity contribution is -0.142. The summed E-state index contributed by atoms with van der Waals surface area (Å²) in [4.78, 5) is 22.9. The quantitative estimate of drug-likeness (QED) is 0.842. The van der Waals surface area contributed by atoms with E-state index in [1.54, 1.807) is 0 Å². The number of hydrogen-bond donors (Lipinski definition) is 2. The molecule has 5 heteroatoms. The second-order valence-corrected chi connectivity index (χ2v) is 5.46. The molecule has 1 aliphatic rings. The molecule has 114 valence electrons. The van der Waals surface area contributed by atoms with Gasteiger partial charge in [-0.25, -0.2) is 0 Å². The summed E-state index contributed by atoms with van der Waals surface area (Å²) in [5.74, 6) is -0.696. The van der Waals surface area contributed by atoms with Crippen molar-refractivity contribution in [3.63, 3.8) is 0 Å². The molecule has 0 aliphatic heterocycles. The third-order valence-corrected chi connectivity index (χ3v) is 3.80. The summed E-state index contributed by atoms with van der Waals surface area (Å²) in [6.07, 6.45) is 2.46. The van der Waals surface area contributed by atoms with E-state index in [9.17, 15) is 9.59 Å². The first-order chi connectivity index (χ1) is 10.1. The minimum atomic E-state index is -0.825. The Balaban J connectivity index is 1.72. The number of carboxylic acid groups (broad SMARTS) is 1. The van der Waals surface area contributed by atoms with E-state index in [2.05, 4.69) is 5.32 Å². The van der Waals surface area contributed by atoms with Gasteiger partial charge in [-0.3, -0.25) is 9.59 Å². The van der Waals surface area contributed by atoms with Crippen LogP contribution in [0.2, 0.25) is 0 Å². The van der Waals surface area contributed by atoms with Gasteiger partial charge < -0.3 is 15.2 Å². The highest BCUT2D eigenvalue weighted by Gasteiger charge is 2.33. The van der Waals surface area contributed by atoms with Crippen LogP contribution in [0.15, 0.2) is 24.3 Å². The lowest BCUT2D eigenvalue weighted by atomic mass is 10.0. The van der Waals surface area contributed by atoms with Crippen LogP contribution in [0.3, 0.4) is 0 Å². The monoisotopic (exact) mass is 291 g/mol. The molecule has 21 heavy (non-hydrogen) atoms. The van der Waals surface area contributed by atoms with Crippen molar-refractivity contribution in [3.8, 4) is 5.75 Å². The van der Waals surface area contributed by atoms with Crippen molar-refractivity contribution in [3.05, 3.63) is 29.8 Å². The van der Waals surface area contributed by atoms with Gasteiger partial charge in [0.1, 0.15) is 5.75 Å². The number of aryl methyl sites for hydroxylation is 1. The number of hydrogen-bond acceptors (Lipinski definition) is 3. The molecule has 1 amide bonds. The van der Waals surface area contributed by atoms with Crippen molar-refractivity contribution in [1.29, 1.82) is 0 Å². The molecule has 0 spiro atoms. The summed E-state index contributed by atoms with van der Waals surface area (Å²) in [6.45, 7) is 2.29. The largest absolute Gasteiger partial charge is 0.493 e. The number of benzene rings is 1. The predicted molar refractivity (Wildman–Crippen MR) is 78.2 cm³/mol. The van der Waals surface area contributed by atoms with Gasteiger partial charge >= 0.3 is 5.97 Å². The van der Waals surface area contributed by atoms with Crippen LogP contribution in [0, 0.1) is 12.8 Å². The molecule has 2 rings (SSSR count). The summed E-state index contributed by atoms with van der Waals surface area (Å²) >= 11 is 0. The Hall–Kier alpha value is -2.04. The van der Waals surface area contributed by atoms with Crippen molar-refractivity contribution >= 4 is 11.9 Å². The van der Waals surface area contributed by atoms with E-state index in [-0.39, 0.29) is 18.4 Å². The van der Waals surface area contributed by atoms with Crippen LogP contribution >= 0.6 is 0 Å². The lowest BCUT2D eigenvalue weighted by Gasteiger charge is -2.17. The van der Waals surface area contributed by atoms with Crippen LogP contribution in [0.4, 0.5) is 0 Å². The molecule has 1 saturated carbocycles. The standard InChI is InChI=1S/C16H21NO4/c1-11-5-7-12(8-6-11)21-10-9-15(18)17-14-4-2-3-13(14)16(19)20/h5-8,13-14H,2-4,9-10H2,1H3,(H,17,18)(H,19,20). The van der Waals surface area contributed by atoms with E-state index in [0.29, 0.717) is 13.0 Å². The Morgan fingerprint density at radius 1 is 1.29 bits per heavy atom. The summed E-state index contributed by atoms with van der Waals surface area (Å²) < 4.78 is 5.49. The Labute approximate surface area is 124 Å². The van der Waals surface area contributed by atoms with Gasteiger partial charge in [0.05, 0.1) is 18.9 Å². The number of nitrogens with one attached hydrogen (secondary N) is 1. The molecule has 0 saturated heterocycles. The molecule has 0 radical (unpaired) electrons. The first-order valence-electron chi connectivity index (χ1n) is 7.28. The van der Waals surface area contributed by atoms with Crippen LogP contribution in [-0.2, 0) is 9.59 Å². The molecule has 0 bridgehead atoms. The van der Waals surface area contributed by atoms with Gasteiger partial charge in [-0.1, -0.05) is 24.1 Å². The second kappa shape index (κ2) is 7.11. The number of carboxylic acids is 1. The van der Waals surface area contributed by atoms with Gasteiger partial charge in [0, 0.05) is 6.04 Å². The maximum Gasteiger partial charge on any atom is 0.308 e. The molecule has 0 heterocycles. The van der Waals surface area contributed by atoms with Crippen molar-refractivity contribution in [1.82, 2.24) is 5.32 Å². The minimum absolute atomic E-state index is 0.153. The van der Waals surface area contributed by atoms with Gasteiger partial charge in [-0.05, 0) is 31.9 Å². The Kier molecular flexibility index (Phi) is 5.20. The minimum Gasteiger partial charge on any atom is -0.493 e. The average molecular weight is 291 g/mol. The Bertz CT molecular complexity index is 498. The highest BCUT2D eigenvalue weighted by molar-refractivity contribution is 5.78. The van der Waals surface area contributed by atoms with E-state index in [1.165, 1.54) is 0 Å². The SMILES string of the molecule is Cc1ccc(OCCC(=O)NC2CCCC2C(=O)O)cc1. The summed E-state index contributed by atoms with van der Waals surface area (Å²) in [5, 5.41) is 11.9. The molecule has 5 nitrogen and oxygen atoms in total. The number of ether oxygens (including phenoxy) is 1. The highest BCUT2D eigenvalue weighted by Crippen LogP contribution is 2.25. The molecular weight excluding hydrogens is 270 g/mol. The molecular formula is C16H21NO4. The maximum absolute atomic E-state index is 11.8. The van der Waals surface area contributed by atoms with Gasteiger partial charge in [0.2, 0.25) is 5.91 Å². The fraction of sp³-hybridized carbons (Fsp3) is 0.500. The number of rotatable bonds is 6. The van der Waals surface area contributed by atoms with Crippen molar-refractivity contribution in [2.75, 3.05) is 6.61 Å². The lowest BCUT2D eigenvalue weighted by Crippen LogP contribution is -2.40. The summed E-state index contributed by atoms with van der Waals surface area (Å²) in [6, 6.07) is 7.39. The maximum atomic E-state index is 11.8. The van der Waals surface area contributed by atoms with E-state index in [1.807, 2.05) is 31.2 Å².